The highest BCUT2D eigenvalue weighted by molar-refractivity contribution is 5.90. The number of urea groups is 2. The van der Waals surface area contributed by atoms with Gasteiger partial charge in [0.05, 0.1) is 14.2 Å². The summed E-state index contributed by atoms with van der Waals surface area (Å²) in [5.41, 5.74) is 1.62. The van der Waals surface area contributed by atoms with Gasteiger partial charge in [0, 0.05) is 90.4 Å². The summed E-state index contributed by atoms with van der Waals surface area (Å²) in [6.07, 6.45) is 0. The summed E-state index contributed by atoms with van der Waals surface area (Å²) in [4.78, 5) is 59.7. The lowest BCUT2D eigenvalue weighted by molar-refractivity contribution is -0.119. The molecule has 1 aliphatic rings. The van der Waals surface area contributed by atoms with E-state index in [4.69, 9.17) is 9.47 Å². The molecule has 0 aliphatic carbocycles. The number of carbonyl (C=O) groups is 4. The molecule has 3 heterocycles. The second kappa shape index (κ2) is 17.4. The van der Waals surface area contributed by atoms with E-state index in [-0.39, 0.29) is 23.9 Å². The Hall–Kier alpha value is -4.70. The number of amides is 6. The fourth-order valence-electron chi connectivity index (χ4n) is 4.29. The van der Waals surface area contributed by atoms with Gasteiger partial charge in [-0.3, -0.25) is 20.2 Å². The predicted molar refractivity (Wildman–Crippen MR) is 164 cm³/mol. The highest BCUT2D eigenvalue weighted by Gasteiger charge is 2.25. The zero-order valence-corrected chi connectivity index (χ0v) is 25.6. The van der Waals surface area contributed by atoms with E-state index < -0.39 is 0 Å². The topological polar surface area (TPSA) is 191 Å². The van der Waals surface area contributed by atoms with Crippen LogP contribution in [0.1, 0.15) is 25.0 Å². The van der Waals surface area contributed by atoms with Gasteiger partial charge in [0.1, 0.15) is 11.6 Å². The van der Waals surface area contributed by atoms with Crippen molar-refractivity contribution >= 4 is 35.5 Å². The number of ether oxygens (including phenoxy) is 2. The first kappa shape index (κ1) is 33.8. The van der Waals surface area contributed by atoms with Crippen molar-refractivity contribution in [3.8, 4) is 11.8 Å². The summed E-state index contributed by atoms with van der Waals surface area (Å²) in [5, 5.41) is 17.4. The van der Waals surface area contributed by atoms with E-state index in [0.29, 0.717) is 88.8 Å². The minimum absolute atomic E-state index is 0.0853. The van der Waals surface area contributed by atoms with Crippen molar-refractivity contribution < 1.29 is 28.7 Å². The largest absolute Gasteiger partial charge is 0.481 e. The van der Waals surface area contributed by atoms with Crippen LogP contribution in [0.15, 0.2) is 24.3 Å². The van der Waals surface area contributed by atoms with Crippen molar-refractivity contribution in [2.45, 2.75) is 26.9 Å². The van der Waals surface area contributed by atoms with Crippen molar-refractivity contribution in [1.29, 1.82) is 0 Å². The Morgan fingerprint density at radius 1 is 0.659 bits per heavy atom. The van der Waals surface area contributed by atoms with Crippen LogP contribution in [0.4, 0.5) is 21.2 Å². The van der Waals surface area contributed by atoms with Gasteiger partial charge in [-0.25, -0.2) is 9.59 Å². The molecule has 1 saturated heterocycles. The Kier molecular flexibility index (Phi) is 13.4. The van der Waals surface area contributed by atoms with E-state index in [1.54, 1.807) is 21.9 Å². The second-order valence-corrected chi connectivity index (χ2v) is 9.88. The summed E-state index contributed by atoms with van der Waals surface area (Å²) in [5.74, 6) is 1.29. The van der Waals surface area contributed by atoms with Gasteiger partial charge in [-0.15, -0.1) is 0 Å². The van der Waals surface area contributed by atoms with Gasteiger partial charge in [0.25, 0.3) is 0 Å². The van der Waals surface area contributed by atoms with E-state index in [1.165, 1.54) is 28.1 Å². The molecule has 0 saturated carbocycles. The molecule has 3 rings (SSSR count). The smallest absolute Gasteiger partial charge is 0.323 e. The third-order valence-electron chi connectivity index (χ3n) is 6.57. The van der Waals surface area contributed by atoms with E-state index >= 15 is 0 Å². The predicted octanol–water partition coefficient (Wildman–Crippen LogP) is 0.327. The molecule has 240 valence electrons. The molecule has 6 amide bonds. The number of aromatic nitrogens is 2. The number of rotatable bonds is 14. The lowest BCUT2D eigenvalue weighted by atomic mass is 10.2. The molecule has 0 unspecified atom stereocenters. The van der Waals surface area contributed by atoms with Crippen LogP contribution < -0.4 is 41.4 Å². The highest BCUT2D eigenvalue weighted by atomic mass is 16.5. The van der Waals surface area contributed by atoms with E-state index in [1.807, 2.05) is 12.1 Å². The van der Waals surface area contributed by atoms with E-state index in [9.17, 15) is 19.2 Å². The zero-order chi connectivity index (χ0) is 31.9. The maximum absolute atomic E-state index is 12.9. The minimum atomic E-state index is -0.325. The first-order valence-corrected chi connectivity index (χ1v) is 14.3. The quantitative estimate of drug-likeness (QED) is 0.162. The van der Waals surface area contributed by atoms with E-state index in [2.05, 4.69) is 41.9 Å². The summed E-state index contributed by atoms with van der Waals surface area (Å²) in [6, 6.07) is 6.37. The van der Waals surface area contributed by atoms with Crippen LogP contribution in [-0.2, 0) is 22.7 Å². The first-order valence-electron chi connectivity index (χ1n) is 14.3. The number of anilines is 2. The van der Waals surface area contributed by atoms with Gasteiger partial charge in [-0.2, -0.15) is 9.97 Å². The van der Waals surface area contributed by atoms with Crippen LogP contribution >= 0.6 is 0 Å². The minimum Gasteiger partial charge on any atom is -0.481 e. The van der Waals surface area contributed by atoms with Crippen LogP contribution in [-0.4, -0.2) is 110 Å². The molecule has 0 atom stereocenters. The Bertz CT molecular complexity index is 1190. The van der Waals surface area contributed by atoms with Gasteiger partial charge in [-0.1, -0.05) is 0 Å². The number of carbonyl (C=O) groups excluding carboxylic acids is 4. The van der Waals surface area contributed by atoms with Crippen LogP contribution in [0, 0.1) is 0 Å². The SMILES string of the molecule is COc1nc(NC(=O)N2CCN(C(=O)Nc3ccc(CNCCNC(C)=O)c(OC)n3)CC2)ccc1CNCCNC(C)=O. The number of hydrogen-bond donors (Lipinski definition) is 6. The average Bonchev–Trinajstić information content (AvgIpc) is 3.01. The van der Waals surface area contributed by atoms with Crippen molar-refractivity contribution in [1.82, 2.24) is 41.0 Å². The number of hydrogen-bond acceptors (Lipinski definition) is 10. The molecule has 6 N–H and O–H groups in total. The molecular formula is C28H42N10O6. The molecule has 0 aromatic carbocycles. The van der Waals surface area contributed by atoms with Crippen molar-refractivity contribution in [2.24, 2.45) is 0 Å². The molecule has 2 aromatic heterocycles. The van der Waals surface area contributed by atoms with Crippen molar-refractivity contribution in [3.63, 3.8) is 0 Å². The summed E-state index contributed by atoms with van der Waals surface area (Å²) < 4.78 is 10.8. The molecule has 0 spiro atoms. The van der Waals surface area contributed by atoms with Crippen LogP contribution in [0.5, 0.6) is 11.8 Å². The zero-order valence-electron chi connectivity index (χ0n) is 25.6. The van der Waals surface area contributed by atoms with Gasteiger partial charge in [-0.05, 0) is 24.3 Å². The Morgan fingerprint density at radius 3 is 1.39 bits per heavy atom. The van der Waals surface area contributed by atoms with Crippen molar-refractivity contribution in [2.75, 3.05) is 77.2 Å². The molecule has 1 aliphatic heterocycles. The fourth-order valence-corrected chi connectivity index (χ4v) is 4.29. The Morgan fingerprint density at radius 2 is 1.05 bits per heavy atom. The highest BCUT2D eigenvalue weighted by Crippen LogP contribution is 2.20. The number of methoxy groups -OCH3 is 2. The molecule has 0 radical (unpaired) electrons. The summed E-state index contributed by atoms with van der Waals surface area (Å²) in [7, 11) is 3.02. The Balaban J connectivity index is 1.44. The van der Waals surface area contributed by atoms with Gasteiger partial charge in [0.2, 0.25) is 23.6 Å². The molecule has 1 fully saturated rings. The molecule has 16 nitrogen and oxygen atoms in total. The molecule has 2 aromatic rings. The summed E-state index contributed by atoms with van der Waals surface area (Å²) >= 11 is 0. The van der Waals surface area contributed by atoms with Crippen LogP contribution in [0.3, 0.4) is 0 Å². The van der Waals surface area contributed by atoms with Gasteiger partial charge in [0.15, 0.2) is 0 Å². The first-order chi connectivity index (χ1) is 21.2. The van der Waals surface area contributed by atoms with Gasteiger partial charge >= 0.3 is 12.1 Å². The third-order valence-corrected chi connectivity index (χ3v) is 6.57. The number of nitrogens with one attached hydrogen (secondary N) is 6. The number of piperazine rings is 1. The standard InChI is InChI=1S/C28H42N10O6/c1-19(39)31-11-9-29-17-21-5-7-23(33-25(21)43-3)35-27(41)37-13-15-38(16-14-37)28(42)36-24-8-6-22(26(34-24)44-4)18-30-10-12-32-20(2)40/h5-8,29-30H,9-18H2,1-4H3,(H,31,39)(H,32,40)(H,33,35,41)(H,34,36,42). The van der Waals surface area contributed by atoms with Crippen LogP contribution in [0.2, 0.25) is 0 Å². The number of pyridine rings is 2. The second-order valence-electron chi connectivity index (χ2n) is 9.88. The summed E-state index contributed by atoms with van der Waals surface area (Å²) in [6.45, 7) is 7.45. The third kappa shape index (κ3) is 10.9. The monoisotopic (exact) mass is 614 g/mol. The lowest BCUT2D eigenvalue weighted by Crippen LogP contribution is -2.52. The molecular weight excluding hydrogens is 572 g/mol. The van der Waals surface area contributed by atoms with Gasteiger partial charge < -0.3 is 40.5 Å². The molecule has 44 heavy (non-hydrogen) atoms. The lowest BCUT2D eigenvalue weighted by Gasteiger charge is -2.34. The van der Waals surface area contributed by atoms with E-state index in [0.717, 1.165) is 11.1 Å². The van der Waals surface area contributed by atoms with Crippen molar-refractivity contribution in [3.05, 3.63) is 35.4 Å². The fraction of sp³-hybridized carbons (Fsp3) is 0.500. The molecule has 16 heteroatoms. The maximum Gasteiger partial charge on any atom is 0.323 e. The number of nitrogens with zero attached hydrogens (tertiary/aromatic N) is 4. The maximum atomic E-state index is 12.9. The average molecular weight is 615 g/mol. The normalized spacial score (nSPS) is 12.7. The Labute approximate surface area is 256 Å². The van der Waals surface area contributed by atoms with Crippen LogP contribution in [0.25, 0.3) is 0 Å². The molecule has 0 bridgehead atoms.